The molecule has 1 aromatic carbocycles. The first-order valence-corrected chi connectivity index (χ1v) is 8.63. The van der Waals surface area contributed by atoms with E-state index in [0.29, 0.717) is 34.4 Å². The van der Waals surface area contributed by atoms with E-state index in [0.717, 1.165) is 18.4 Å². The molecule has 8 nitrogen and oxygen atoms in total. The van der Waals surface area contributed by atoms with E-state index in [4.69, 9.17) is 4.52 Å². The zero-order valence-electron chi connectivity index (χ0n) is 14.4. The summed E-state index contributed by atoms with van der Waals surface area (Å²) >= 11 is 0. The van der Waals surface area contributed by atoms with Crippen LogP contribution in [0.2, 0.25) is 0 Å². The molecule has 5 rings (SSSR count). The van der Waals surface area contributed by atoms with Crippen LogP contribution < -0.4 is 5.56 Å². The van der Waals surface area contributed by atoms with E-state index in [9.17, 15) is 9.90 Å². The summed E-state index contributed by atoms with van der Waals surface area (Å²) in [5.74, 6) is 1.37. The van der Waals surface area contributed by atoms with E-state index in [2.05, 4.69) is 15.1 Å². The molecular weight excluding hydrogens is 334 g/mol. The fourth-order valence-electron chi connectivity index (χ4n) is 3.37. The van der Waals surface area contributed by atoms with Crippen LogP contribution in [0, 0.1) is 0 Å². The average Bonchev–Trinajstić information content (AvgIpc) is 3.17. The second-order valence-electron chi connectivity index (χ2n) is 6.98. The van der Waals surface area contributed by atoms with Crippen molar-refractivity contribution < 1.29 is 9.63 Å². The van der Waals surface area contributed by atoms with Gasteiger partial charge in [0, 0.05) is 18.0 Å². The van der Waals surface area contributed by atoms with E-state index in [1.165, 1.54) is 0 Å². The Morgan fingerprint density at radius 3 is 2.81 bits per heavy atom. The van der Waals surface area contributed by atoms with E-state index in [1.54, 1.807) is 33.5 Å². The van der Waals surface area contributed by atoms with Crippen LogP contribution >= 0.6 is 0 Å². The Morgan fingerprint density at radius 1 is 1.27 bits per heavy atom. The van der Waals surface area contributed by atoms with Gasteiger partial charge in [-0.25, -0.2) is 4.98 Å². The number of hydrogen-bond donors (Lipinski definition) is 1. The fraction of sp³-hybridized carbons (Fsp3) is 0.333. The number of phenols is 1. The van der Waals surface area contributed by atoms with Crippen molar-refractivity contribution >= 4 is 16.6 Å². The molecule has 132 valence electrons. The lowest BCUT2D eigenvalue weighted by atomic mass is 10.2. The summed E-state index contributed by atoms with van der Waals surface area (Å²) in [6.45, 7) is 3.89. The van der Waals surface area contributed by atoms with Crippen molar-refractivity contribution in [3.05, 3.63) is 40.8 Å². The molecule has 0 radical (unpaired) electrons. The van der Waals surface area contributed by atoms with Gasteiger partial charge in [-0.2, -0.15) is 4.98 Å². The summed E-state index contributed by atoms with van der Waals surface area (Å²) in [6.07, 6.45) is 3.66. The van der Waals surface area contributed by atoms with Gasteiger partial charge in [-0.1, -0.05) is 5.16 Å². The van der Waals surface area contributed by atoms with Crippen LogP contribution in [0.5, 0.6) is 5.75 Å². The minimum atomic E-state index is -0.177. The normalized spacial score (nSPS) is 14.7. The molecule has 8 heteroatoms. The molecule has 26 heavy (non-hydrogen) atoms. The molecule has 3 heterocycles. The number of imidazole rings is 1. The number of aromatic hydroxyl groups is 1. The van der Waals surface area contributed by atoms with Gasteiger partial charge in [0.05, 0.1) is 11.0 Å². The number of benzene rings is 1. The number of nitrogens with zero attached hydrogens (tertiary/aromatic N) is 5. The predicted molar refractivity (Wildman–Crippen MR) is 94.3 cm³/mol. The number of aromatic nitrogens is 5. The maximum Gasteiger partial charge on any atom is 0.278 e. The molecule has 1 fully saturated rings. The summed E-state index contributed by atoms with van der Waals surface area (Å²) in [5, 5.41) is 13.9. The molecule has 1 aliphatic rings. The molecule has 3 aromatic heterocycles. The second-order valence-corrected chi connectivity index (χ2v) is 6.98. The Morgan fingerprint density at radius 2 is 2.08 bits per heavy atom. The van der Waals surface area contributed by atoms with E-state index >= 15 is 0 Å². The maximum atomic E-state index is 13.2. The van der Waals surface area contributed by atoms with Gasteiger partial charge in [0.1, 0.15) is 23.3 Å². The van der Waals surface area contributed by atoms with Crippen molar-refractivity contribution in [3.63, 3.8) is 0 Å². The molecule has 0 saturated heterocycles. The molecule has 0 aliphatic heterocycles. The lowest BCUT2D eigenvalue weighted by Crippen LogP contribution is -2.24. The maximum absolute atomic E-state index is 13.2. The minimum absolute atomic E-state index is 0.0606. The molecule has 1 N–H and O–H groups in total. The molecule has 0 atom stereocenters. The average molecular weight is 351 g/mol. The second kappa shape index (κ2) is 5.17. The molecule has 1 aliphatic carbocycles. The van der Waals surface area contributed by atoms with Crippen LogP contribution in [-0.2, 0) is 0 Å². The lowest BCUT2D eigenvalue weighted by molar-refractivity contribution is 0.380. The van der Waals surface area contributed by atoms with Crippen molar-refractivity contribution in [2.45, 2.75) is 38.6 Å². The van der Waals surface area contributed by atoms with Gasteiger partial charge in [0.2, 0.25) is 11.7 Å². The first kappa shape index (κ1) is 15.1. The number of phenolic OH excluding ortho intramolecular Hbond substituents is 1. The van der Waals surface area contributed by atoms with E-state index < -0.39 is 0 Å². The van der Waals surface area contributed by atoms with Crippen LogP contribution in [0.15, 0.2) is 33.8 Å². The molecule has 0 bridgehead atoms. The Bertz CT molecular complexity index is 1210. The van der Waals surface area contributed by atoms with Crippen molar-refractivity contribution in [2.24, 2.45) is 0 Å². The van der Waals surface area contributed by atoms with Gasteiger partial charge in [-0.05, 0) is 38.8 Å². The summed E-state index contributed by atoms with van der Waals surface area (Å²) in [6, 6.07) is 4.88. The predicted octanol–water partition coefficient (Wildman–Crippen LogP) is 2.86. The third-order valence-corrected chi connectivity index (χ3v) is 4.76. The molecule has 0 spiro atoms. The third kappa shape index (κ3) is 2.08. The topological polar surface area (TPSA) is 98.5 Å². The molecule has 0 amide bonds. The number of fused-ring (bicyclic) bond motifs is 3. The van der Waals surface area contributed by atoms with Crippen molar-refractivity contribution in [2.75, 3.05) is 0 Å². The van der Waals surface area contributed by atoms with Gasteiger partial charge in [0.15, 0.2) is 0 Å². The van der Waals surface area contributed by atoms with Crippen LogP contribution in [0.1, 0.15) is 44.5 Å². The molecule has 0 unspecified atom stereocenters. The van der Waals surface area contributed by atoms with Crippen LogP contribution in [0.25, 0.3) is 28.1 Å². The molecule has 1 saturated carbocycles. The van der Waals surface area contributed by atoms with Crippen molar-refractivity contribution in [3.8, 4) is 17.3 Å². The summed E-state index contributed by atoms with van der Waals surface area (Å²) in [5.41, 5.74) is 2.01. The lowest BCUT2D eigenvalue weighted by Gasteiger charge is -2.15. The third-order valence-electron chi connectivity index (χ3n) is 4.76. The minimum Gasteiger partial charge on any atom is -0.508 e. The van der Waals surface area contributed by atoms with E-state index in [1.807, 2.05) is 13.8 Å². The molecular formula is C18H17N5O3. The highest BCUT2D eigenvalue weighted by molar-refractivity contribution is 5.84. The van der Waals surface area contributed by atoms with Gasteiger partial charge < -0.3 is 14.2 Å². The van der Waals surface area contributed by atoms with Gasteiger partial charge >= 0.3 is 0 Å². The van der Waals surface area contributed by atoms with Crippen molar-refractivity contribution in [1.82, 2.24) is 24.1 Å². The van der Waals surface area contributed by atoms with Crippen LogP contribution in [0.4, 0.5) is 0 Å². The Kier molecular flexibility index (Phi) is 3.01. The Hall–Kier alpha value is -3.16. The molecule has 4 aromatic rings. The zero-order chi connectivity index (χ0) is 18.0. The first-order valence-electron chi connectivity index (χ1n) is 8.63. The first-order chi connectivity index (χ1) is 12.5. The van der Waals surface area contributed by atoms with Crippen LogP contribution in [-0.4, -0.2) is 29.2 Å². The van der Waals surface area contributed by atoms with Crippen molar-refractivity contribution in [1.29, 1.82) is 0 Å². The number of rotatable bonds is 3. The highest BCUT2D eigenvalue weighted by Gasteiger charge is 2.31. The highest BCUT2D eigenvalue weighted by Crippen LogP contribution is 2.39. The largest absolute Gasteiger partial charge is 0.508 e. The number of hydrogen-bond acceptors (Lipinski definition) is 6. The zero-order valence-corrected chi connectivity index (χ0v) is 14.4. The summed E-state index contributed by atoms with van der Waals surface area (Å²) in [7, 11) is 0. The van der Waals surface area contributed by atoms with Gasteiger partial charge in [0.25, 0.3) is 5.56 Å². The van der Waals surface area contributed by atoms with Crippen LogP contribution in [0.3, 0.4) is 0 Å². The quantitative estimate of drug-likeness (QED) is 0.609. The SMILES string of the molecule is CC(C)n1c(=O)c2c(-c3noc(C4CC4)n3)ncn2c2cc(O)ccc21. The monoisotopic (exact) mass is 351 g/mol. The Labute approximate surface area is 147 Å². The Balaban J connectivity index is 1.86. The van der Waals surface area contributed by atoms with Gasteiger partial charge in [-0.3, -0.25) is 9.20 Å². The van der Waals surface area contributed by atoms with Gasteiger partial charge in [-0.15, -0.1) is 0 Å². The van der Waals surface area contributed by atoms with E-state index in [-0.39, 0.29) is 17.4 Å². The highest BCUT2D eigenvalue weighted by atomic mass is 16.5. The smallest absolute Gasteiger partial charge is 0.278 e. The standard InChI is InChI=1S/C18H17N5O3/c1-9(2)23-12-6-5-11(24)7-13(12)22-8-19-14(15(22)18(23)25)16-20-17(26-21-16)10-3-4-10/h5-10,24H,3-4H2,1-2H3. The summed E-state index contributed by atoms with van der Waals surface area (Å²) in [4.78, 5) is 22.0. The summed E-state index contributed by atoms with van der Waals surface area (Å²) < 4.78 is 8.70. The fourth-order valence-corrected chi connectivity index (χ4v) is 3.37.